The number of ether oxygens (including phenoxy) is 3. The average Bonchev–Trinajstić information content (AvgIpc) is 2.97. The van der Waals surface area contributed by atoms with Crippen LogP contribution in [0.25, 0.3) is 0 Å². The lowest BCUT2D eigenvalue weighted by Crippen LogP contribution is -2.42. The van der Waals surface area contributed by atoms with E-state index in [1.807, 2.05) is 19.0 Å². The van der Waals surface area contributed by atoms with E-state index in [1.165, 1.54) is 11.0 Å². The fourth-order valence-electron chi connectivity index (χ4n) is 2.38. The normalized spacial score (nSPS) is 13.0. The third-order valence-corrected chi connectivity index (χ3v) is 3.80. The molecule has 0 fully saturated rings. The van der Waals surface area contributed by atoms with Crippen molar-refractivity contribution in [3.8, 4) is 11.5 Å². The predicted octanol–water partition coefficient (Wildman–Crippen LogP) is 2.41. The van der Waals surface area contributed by atoms with Crippen LogP contribution in [0.4, 0.5) is 0 Å². The molecule has 144 valence electrons. The molecule has 0 spiro atoms. The molecule has 0 bridgehead atoms. The molecule has 0 unspecified atom stereocenters. The maximum Gasteiger partial charge on any atom is 0.326 e. The van der Waals surface area contributed by atoms with Crippen LogP contribution in [0.2, 0.25) is 5.02 Å². The summed E-state index contributed by atoms with van der Waals surface area (Å²) in [6, 6.07) is 3.10. The summed E-state index contributed by atoms with van der Waals surface area (Å²) in [4.78, 5) is 28.5. The number of rotatable bonds is 6. The molecule has 0 saturated heterocycles. The van der Waals surface area contributed by atoms with Gasteiger partial charge in [-0.2, -0.15) is 0 Å². The van der Waals surface area contributed by atoms with E-state index in [9.17, 15) is 9.59 Å². The van der Waals surface area contributed by atoms with Gasteiger partial charge in [0.1, 0.15) is 12.1 Å². The topological polar surface area (TPSA) is 68.3 Å². The largest absolute Gasteiger partial charge is 0.459 e. The Morgan fingerprint density at radius 1 is 1.19 bits per heavy atom. The molecular formula is C18H25ClN2O5. The molecule has 0 saturated carbocycles. The fourth-order valence-corrected chi connectivity index (χ4v) is 2.64. The summed E-state index contributed by atoms with van der Waals surface area (Å²) >= 11 is 6.17. The number of benzene rings is 1. The van der Waals surface area contributed by atoms with E-state index in [2.05, 4.69) is 0 Å². The summed E-state index contributed by atoms with van der Waals surface area (Å²) in [5.74, 6) is 0.0650. The van der Waals surface area contributed by atoms with E-state index < -0.39 is 11.6 Å². The third kappa shape index (κ3) is 5.51. The molecule has 1 aromatic carbocycles. The quantitative estimate of drug-likeness (QED) is 0.701. The summed E-state index contributed by atoms with van der Waals surface area (Å²) in [7, 11) is 3.79. The van der Waals surface area contributed by atoms with E-state index >= 15 is 0 Å². The van der Waals surface area contributed by atoms with Crippen molar-refractivity contribution < 1.29 is 23.8 Å². The molecule has 7 nitrogen and oxygen atoms in total. The van der Waals surface area contributed by atoms with Gasteiger partial charge in [-0.1, -0.05) is 11.6 Å². The van der Waals surface area contributed by atoms with Gasteiger partial charge < -0.3 is 24.0 Å². The Balaban J connectivity index is 2.19. The van der Waals surface area contributed by atoms with E-state index in [1.54, 1.807) is 26.8 Å². The molecule has 0 radical (unpaired) electrons. The molecule has 1 heterocycles. The van der Waals surface area contributed by atoms with Crippen molar-refractivity contribution in [2.75, 3.05) is 40.5 Å². The van der Waals surface area contributed by atoms with Crippen molar-refractivity contribution in [3.05, 3.63) is 22.7 Å². The van der Waals surface area contributed by atoms with E-state index in [0.717, 1.165) is 0 Å². The van der Waals surface area contributed by atoms with Gasteiger partial charge in [0, 0.05) is 18.7 Å². The van der Waals surface area contributed by atoms with Crippen LogP contribution in [0.5, 0.6) is 11.5 Å². The van der Waals surface area contributed by atoms with Crippen molar-refractivity contribution in [2.45, 2.75) is 26.4 Å². The molecular weight excluding hydrogens is 360 g/mol. The highest BCUT2D eigenvalue weighted by Gasteiger charge is 2.26. The lowest BCUT2D eigenvalue weighted by Gasteiger charge is -2.26. The lowest BCUT2D eigenvalue weighted by molar-refractivity contribution is -0.155. The van der Waals surface area contributed by atoms with E-state index in [-0.39, 0.29) is 19.2 Å². The number of amides is 1. The molecule has 1 aromatic rings. The highest BCUT2D eigenvalue weighted by atomic mass is 35.5. The van der Waals surface area contributed by atoms with Crippen LogP contribution in [-0.4, -0.2) is 67.8 Å². The Bertz CT molecular complexity index is 685. The first-order valence-electron chi connectivity index (χ1n) is 8.32. The number of halogens is 1. The van der Waals surface area contributed by atoms with Gasteiger partial charge in [-0.25, -0.2) is 0 Å². The van der Waals surface area contributed by atoms with Gasteiger partial charge in [0.05, 0.1) is 5.02 Å². The van der Waals surface area contributed by atoms with E-state index in [0.29, 0.717) is 35.2 Å². The smallest absolute Gasteiger partial charge is 0.326 e. The molecule has 8 heteroatoms. The predicted molar refractivity (Wildman–Crippen MR) is 97.9 cm³/mol. The van der Waals surface area contributed by atoms with Crippen molar-refractivity contribution in [2.24, 2.45) is 0 Å². The average molecular weight is 385 g/mol. The van der Waals surface area contributed by atoms with Gasteiger partial charge in [0.15, 0.2) is 11.5 Å². The second-order valence-electron chi connectivity index (χ2n) is 7.31. The second kappa shape index (κ2) is 8.14. The Hall–Kier alpha value is -1.99. The maximum absolute atomic E-state index is 13.0. The molecule has 1 amide bonds. The lowest BCUT2D eigenvalue weighted by atomic mass is 10.1. The van der Waals surface area contributed by atoms with Gasteiger partial charge in [-0.05, 0) is 47.0 Å². The van der Waals surface area contributed by atoms with Crippen LogP contribution < -0.4 is 9.47 Å². The first kappa shape index (κ1) is 20.3. The summed E-state index contributed by atoms with van der Waals surface area (Å²) in [5, 5.41) is 0.299. The number of hydrogen-bond donors (Lipinski definition) is 0. The number of esters is 1. The van der Waals surface area contributed by atoms with Crippen molar-refractivity contribution >= 4 is 23.5 Å². The molecule has 1 aliphatic rings. The minimum atomic E-state index is -0.616. The number of hydrogen-bond acceptors (Lipinski definition) is 6. The second-order valence-corrected chi connectivity index (χ2v) is 7.72. The molecule has 0 aromatic heterocycles. The molecule has 0 N–H and O–H groups in total. The SMILES string of the molecule is CN(C)CCN(CC(=O)OC(C)(C)C)C(=O)c1cc(Cl)c2c(c1)OCO2. The highest BCUT2D eigenvalue weighted by molar-refractivity contribution is 6.32. The minimum Gasteiger partial charge on any atom is -0.459 e. The molecule has 26 heavy (non-hydrogen) atoms. The molecule has 0 atom stereocenters. The Morgan fingerprint density at radius 3 is 2.50 bits per heavy atom. The monoisotopic (exact) mass is 384 g/mol. The summed E-state index contributed by atoms with van der Waals surface area (Å²) in [6.07, 6.45) is 0. The van der Waals surface area contributed by atoms with Crippen molar-refractivity contribution in [3.63, 3.8) is 0 Å². The Kier molecular flexibility index (Phi) is 6.36. The minimum absolute atomic E-state index is 0.0644. The van der Waals surface area contributed by atoms with Gasteiger partial charge in [-0.15, -0.1) is 0 Å². The highest BCUT2D eigenvalue weighted by Crippen LogP contribution is 2.40. The first-order valence-corrected chi connectivity index (χ1v) is 8.69. The standard InChI is InChI=1S/C18H25ClN2O5/c1-18(2,3)26-15(22)10-21(7-6-20(4)5)17(23)12-8-13(19)16-14(9-12)24-11-25-16/h8-9H,6-7,10-11H2,1-5H3. The number of carbonyl (C=O) groups excluding carboxylic acids is 2. The zero-order valence-electron chi connectivity index (χ0n) is 15.8. The summed E-state index contributed by atoms with van der Waals surface area (Å²) in [6.45, 7) is 6.26. The summed E-state index contributed by atoms with van der Waals surface area (Å²) < 4.78 is 15.9. The van der Waals surface area contributed by atoms with Crippen LogP contribution in [0, 0.1) is 0 Å². The number of nitrogens with zero attached hydrogens (tertiary/aromatic N) is 2. The van der Waals surface area contributed by atoms with Crippen LogP contribution in [0.3, 0.4) is 0 Å². The Labute approximate surface area is 158 Å². The van der Waals surface area contributed by atoms with Crippen molar-refractivity contribution in [1.29, 1.82) is 0 Å². The number of likely N-dealkylation sites (N-methyl/N-ethyl adjacent to an activating group) is 1. The van der Waals surface area contributed by atoms with Crippen LogP contribution in [0.15, 0.2) is 12.1 Å². The summed E-state index contributed by atoms with van der Waals surface area (Å²) in [5.41, 5.74) is -0.281. The zero-order valence-corrected chi connectivity index (χ0v) is 16.6. The van der Waals surface area contributed by atoms with Gasteiger partial charge >= 0.3 is 5.97 Å². The van der Waals surface area contributed by atoms with Crippen LogP contribution in [-0.2, 0) is 9.53 Å². The molecule has 2 rings (SSSR count). The third-order valence-electron chi connectivity index (χ3n) is 3.52. The van der Waals surface area contributed by atoms with E-state index in [4.69, 9.17) is 25.8 Å². The van der Waals surface area contributed by atoms with Crippen LogP contribution in [0.1, 0.15) is 31.1 Å². The zero-order chi connectivity index (χ0) is 19.5. The maximum atomic E-state index is 13.0. The van der Waals surface area contributed by atoms with Crippen LogP contribution >= 0.6 is 11.6 Å². The molecule has 0 aliphatic carbocycles. The van der Waals surface area contributed by atoms with Crippen molar-refractivity contribution in [1.82, 2.24) is 9.80 Å². The number of fused-ring (bicyclic) bond motifs is 1. The number of carbonyl (C=O) groups is 2. The first-order chi connectivity index (χ1) is 12.1. The van der Waals surface area contributed by atoms with Gasteiger partial charge in [0.25, 0.3) is 5.91 Å². The van der Waals surface area contributed by atoms with Gasteiger partial charge in [-0.3, -0.25) is 9.59 Å². The van der Waals surface area contributed by atoms with Gasteiger partial charge in [0.2, 0.25) is 6.79 Å². The molecule has 1 aliphatic heterocycles. The Morgan fingerprint density at radius 2 is 1.88 bits per heavy atom. The fraction of sp³-hybridized carbons (Fsp3) is 0.556.